The van der Waals surface area contributed by atoms with Crippen molar-refractivity contribution in [2.45, 2.75) is 70.1 Å². The molecule has 0 aliphatic carbocycles. The van der Waals surface area contributed by atoms with Gasteiger partial charge in [0.25, 0.3) is 0 Å². The largest absolute Gasteiger partial charge is 0.368 e. The van der Waals surface area contributed by atoms with E-state index in [0.717, 1.165) is 24.8 Å². The van der Waals surface area contributed by atoms with Crippen LogP contribution in [0.25, 0.3) is 0 Å². The Labute approximate surface area is 147 Å². The van der Waals surface area contributed by atoms with Crippen LogP contribution < -0.4 is 0 Å². The van der Waals surface area contributed by atoms with Crippen LogP contribution in [0.4, 0.5) is 4.39 Å². The molecule has 0 aromatic heterocycles. The monoisotopic (exact) mass is 358 g/mol. The molecular weight excluding hydrogens is 335 g/mol. The third-order valence-corrected chi connectivity index (χ3v) is 4.86. The van der Waals surface area contributed by atoms with E-state index >= 15 is 0 Å². The lowest BCUT2D eigenvalue weighted by Gasteiger charge is -2.26. The van der Waals surface area contributed by atoms with Crippen LogP contribution in [-0.2, 0) is 25.6 Å². The van der Waals surface area contributed by atoms with Gasteiger partial charge in [-0.25, -0.2) is 4.39 Å². The van der Waals surface area contributed by atoms with Gasteiger partial charge in [-0.2, -0.15) is 0 Å². The third kappa shape index (κ3) is 3.75. The Kier molecular flexibility index (Phi) is 5.78. The van der Waals surface area contributed by atoms with E-state index in [-0.39, 0.29) is 12.2 Å². The summed E-state index contributed by atoms with van der Waals surface area (Å²) in [6.07, 6.45) is 1.53. The van der Waals surface area contributed by atoms with Crippen molar-refractivity contribution < 1.29 is 23.3 Å². The van der Waals surface area contributed by atoms with Crippen LogP contribution in [0.3, 0.4) is 0 Å². The zero-order chi connectivity index (χ0) is 17.2. The fourth-order valence-electron chi connectivity index (χ4n) is 3.18. The normalized spacial score (nSPS) is 35.3. The molecule has 0 amide bonds. The number of ether oxygens (including phenoxy) is 4. The van der Waals surface area contributed by atoms with Crippen LogP contribution in [0.2, 0.25) is 5.02 Å². The van der Waals surface area contributed by atoms with E-state index in [0.29, 0.717) is 11.6 Å². The van der Waals surface area contributed by atoms with Crippen molar-refractivity contribution in [3.8, 4) is 0 Å². The Morgan fingerprint density at radius 2 is 2.08 bits per heavy atom. The predicted octanol–water partition coefficient (Wildman–Crippen LogP) is 4.24. The van der Waals surface area contributed by atoms with Gasteiger partial charge in [0.2, 0.25) is 0 Å². The molecule has 2 aliphatic heterocycles. The third-order valence-electron chi connectivity index (χ3n) is 4.49. The fourth-order valence-corrected chi connectivity index (χ4v) is 3.37. The highest BCUT2D eigenvalue weighted by atomic mass is 35.5. The molecule has 0 N–H and O–H groups in total. The quantitative estimate of drug-likeness (QED) is 0.730. The van der Waals surface area contributed by atoms with Crippen LogP contribution >= 0.6 is 11.6 Å². The smallest absolute Gasteiger partial charge is 0.197 e. The number of halogens is 2. The number of benzene rings is 1. The first-order chi connectivity index (χ1) is 11.6. The molecule has 2 aliphatic rings. The Bertz CT molecular complexity index is 558. The van der Waals surface area contributed by atoms with Gasteiger partial charge in [0.1, 0.15) is 18.9 Å². The average Bonchev–Trinajstić information content (AvgIpc) is 3.06. The van der Waals surface area contributed by atoms with Crippen molar-refractivity contribution in [1.29, 1.82) is 0 Å². The minimum atomic E-state index is -1.25. The molecule has 5 atom stereocenters. The number of rotatable bonds is 7. The molecule has 0 spiro atoms. The molecule has 3 rings (SSSR count). The molecule has 1 aromatic carbocycles. The van der Waals surface area contributed by atoms with E-state index in [1.165, 1.54) is 0 Å². The minimum Gasteiger partial charge on any atom is -0.368 e. The maximum atomic E-state index is 13.2. The Balaban J connectivity index is 1.69. The van der Waals surface area contributed by atoms with Crippen LogP contribution in [0.15, 0.2) is 24.3 Å². The van der Waals surface area contributed by atoms with Crippen LogP contribution in [0.5, 0.6) is 0 Å². The molecule has 0 saturated carbocycles. The van der Waals surface area contributed by atoms with Crippen molar-refractivity contribution >= 4 is 11.6 Å². The molecule has 2 heterocycles. The zero-order valence-corrected chi connectivity index (χ0v) is 14.8. The summed E-state index contributed by atoms with van der Waals surface area (Å²) >= 11 is 6.19. The van der Waals surface area contributed by atoms with E-state index in [1.807, 2.05) is 24.3 Å². The van der Waals surface area contributed by atoms with E-state index in [4.69, 9.17) is 30.5 Å². The predicted molar refractivity (Wildman–Crippen MR) is 88.6 cm³/mol. The second kappa shape index (κ2) is 7.67. The highest BCUT2D eigenvalue weighted by Crippen LogP contribution is 2.40. The first-order valence-corrected chi connectivity index (χ1v) is 8.86. The maximum Gasteiger partial charge on any atom is 0.197 e. The maximum absolute atomic E-state index is 13.2. The van der Waals surface area contributed by atoms with Crippen molar-refractivity contribution in [2.75, 3.05) is 6.67 Å². The summed E-state index contributed by atoms with van der Waals surface area (Å²) in [5.41, 5.74) is 0.907. The molecule has 1 unspecified atom stereocenters. The van der Waals surface area contributed by atoms with Gasteiger partial charge in [0.15, 0.2) is 12.1 Å². The highest BCUT2D eigenvalue weighted by molar-refractivity contribution is 6.31. The number of unbranched alkanes of at least 4 members (excludes halogenated alkanes) is 1. The van der Waals surface area contributed by atoms with Gasteiger partial charge in [0.05, 0.1) is 12.7 Å². The molecule has 2 fully saturated rings. The summed E-state index contributed by atoms with van der Waals surface area (Å²) in [6, 6.07) is 7.56. The first-order valence-electron chi connectivity index (χ1n) is 8.48. The molecule has 4 nitrogen and oxygen atoms in total. The van der Waals surface area contributed by atoms with E-state index in [2.05, 4.69) is 6.92 Å². The van der Waals surface area contributed by atoms with Crippen LogP contribution in [0, 0.1) is 0 Å². The summed E-state index contributed by atoms with van der Waals surface area (Å²) in [7, 11) is 0. The van der Waals surface area contributed by atoms with E-state index in [9.17, 15) is 4.39 Å². The SMILES string of the molecule is CCCC[C@H]1O[C@@H]2OC(C)(CF)O[C@@H]2[C@H]1OCc1ccccc1Cl. The van der Waals surface area contributed by atoms with Crippen molar-refractivity contribution in [2.24, 2.45) is 0 Å². The molecule has 0 bridgehead atoms. The van der Waals surface area contributed by atoms with Gasteiger partial charge in [0, 0.05) is 5.02 Å². The number of hydrogen-bond acceptors (Lipinski definition) is 4. The van der Waals surface area contributed by atoms with Gasteiger partial charge in [-0.3, -0.25) is 0 Å². The van der Waals surface area contributed by atoms with Gasteiger partial charge in [-0.05, 0) is 25.0 Å². The van der Waals surface area contributed by atoms with Crippen molar-refractivity contribution in [3.05, 3.63) is 34.9 Å². The van der Waals surface area contributed by atoms with E-state index < -0.39 is 24.9 Å². The summed E-state index contributed by atoms with van der Waals surface area (Å²) in [5, 5.41) is 0.662. The highest BCUT2D eigenvalue weighted by Gasteiger charge is 2.56. The lowest BCUT2D eigenvalue weighted by atomic mass is 10.0. The zero-order valence-electron chi connectivity index (χ0n) is 14.0. The number of fused-ring (bicyclic) bond motifs is 1. The summed E-state index contributed by atoms with van der Waals surface area (Å²) in [6.45, 7) is 3.35. The number of hydrogen-bond donors (Lipinski definition) is 0. The Hall–Kier alpha value is -0.720. The average molecular weight is 359 g/mol. The van der Waals surface area contributed by atoms with Gasteiger partial charge < -0.3 is 18.9 Å². The fraction of sp³-hybridized carbons (Fsp3) is 0.667. The van der Waals surface area contributed by atoms with Crippen molar-refractivity contribution in [3.63, 3.8) is 0 Å². The minimum absolute atomic E-state index is 0.119. The Morgan fingerprint density at radius 3 is 2.79 bits per heavy atom. The summed E-state index contributed by atoms with van der Waals surface area (Å²) in [4.78, 5) is 0. The Morgan fingerprint density at radius 1 is 1.29 bits per heavy atom. The van der Waals surface area contributed by atoms with E-state index in [1.54, 1.807) is 6.92 Å². The molecule has 0 radical (unpaired) electrons. The van der Waals surface area contributed by atoms with Crippen molar-refractivity contribution in [1.82, 2.24) is 0 Å². The first kappa shape index (κ1) is 18.1. The van der Waals surface area contributed by atoms with Gasteiger partial charge >= 0.3 is 0 Å². The topological polar surface area (TPSA) is 36.9 Å². The van der Waals surface area contributed by atoms with Crippen LogP contribution in [-0.4, -0.2) is 37.1 Å². The summed E-state index contributed by atoms with van der Waals surface area (Å²) in [5.74, 6) is -1.25. The lowest BCUT2D eigenvalue weighted by molar-refractivity contribution is -0.234. The van der Waals surface area contributed by atoms with Gasteiger partial charge in [-0.1, -0.05) is 49.6 Å². The second-order valence-corrected chi connectivity index (χ2v) is 6.93. The van der Waals surface area contributed by atoms with Gasteiger partial charge in [-0.15, -0.1) is 0 Å². The molecule has 24 heavy (non-hydrogen) atoms. The molecule has 1 aromatic rings. The molecule has 2 saturated heterocycles. The van der Waals surface area contributed by atoms with Crippen LogP contribution in [0.1, 0.15) is 38.7 Å². The summed E-state index contributed by atoms with van der Waals surface area (Å²) < 4.78 is 36.6. The molecule has 134 valence electrons. The molecule has 6 heteroatoms. The number of alkyl halides is 1. The molecular formula is C18H24ClFO4. The standard InChI is InChI=1S/C18H24ClFO4/c1-3-4-9-14-15(21-10-12-7-5-6-8-13(12)19)16-17(22-14)24-18(2,11-20)23-16/h5-8,14-17H,3-4,9-11H2,1-2H3/t14-,15+,16-,17-,18?/m1/s1. The lowest BCUT2D eigenvalue weighted by Crippen LogP contribution is -2.38. The second-order valence-electron chi connectivity index (χ2n) is 6.52.